The second-order valence-corrected chi connectivity index (χ2v) is 25.4. The maximum absolute atomic E-state index is 14.2. The molecule has 0 spiro atoms. The van der Waals surface area contributed by atoms with Crippen LogP contribution in [0.1, 0.15) is 132 Å². The van der Waals surface area contributed by atoms with E-state index in [1.54, 1.807) is 0 Å². The molecule has 11 atom stereocenters. The maximum atomic E-state index is 14.2. The fourth-order valence-corrected chi connectivity index (χ4v) is 16.8. The minimum atomic E-state index is -2.94. The number of allylic oxidation sites excluding steroid dienone is 1. The topological polar surface area (TPSA) is 150 Å². The van der Waals surface area contributed by atoms with Crippen molar-refractivity contribution in [2.75, 3.05) is 36.0 Å². The van der Waals surface area contributed by atoms with Gasteiger partial charge in [-0.15, -0.1) is 0 Å². The number of nitrogens with zero attached hydrogens (tertiary/aromatic N) is 1. The summed E-state index contributed by atoms with van der Waals surface area (Å²) in [5.74, 6) is -0.222. The molecule has 7 aliphatic rings. The number of nitrogens with one attached hydrogen (secondary N) is 1. The summed E-state index contributed by atoms with van der Waals surface area (Å²) in [4.78, 5) is 41.8. The number of aliphatic hydroxyl groups excluding tert-OH is 1. The number of Topliss-reactive ketones (excluding diaryl/α,β-unsaturated/α-hetero) is 1. The summed E-state index contributed by atoms with van der Waals surface area (Å²) in [6, 6.07) is 8.26. The number of carbonyl (C=O) groups excluding carboxylic acids is 2. The standard InChI is InChI=1S/C50H74N2O8S/c1-30(2)41-36(53)27-50(39(54)29-51-28-31-10-12-32(13-11-31)52-22-24-61(58,59)25-23-52)21-20-48(8)33(42(41)50)14-15-38-47(7)18-17-40(46(5,6)37(47)16-19-49(38,48)9)60-44(57)35-26-34(43(55)56)45(35,3)4/h10-13,30,33-35,37-40,51,54H,14-29H2,1-9H3,(H,55,56)/t33-,34+,35-,37+,38-,39+,40+,47+,48-,49-,50+/m1/s1. The summed E-state index contributed by atoms with van der Waals surface area (Å²) in [7, 11) is -2.94. The molecule has 0 unspecified atom stereocenters. The van der Waals surface area contributed by atoms with E-state index >= 15 is 0 Å². The van der Waals surface area contributed by atoms with Crippen LogP contribution in [0.15, 0.2) is 35.4 Å². The van der Waals surface area contributed by atoms with Crippen LogP contribution in [0.5, 0.6) is 0 Å². The molecule has 6 aliphatic carbocycles. The van der Waals surface area contributed by atoms with Crippen LogP contribution in [0.2, 0.25) is 0 Å². The third-order valence-corrected chi connectivity index (χ3v) is 21.1. The fraction of sp³-hybridized carbons (Fsp3) is 0.780. The highest BCUT2D eigenvalue weighted by Gasteiger charge is 2.71. The first kappa shape index (κ1) is 44.8. The zero-order valence-electron chi connectivity index (χ0n) is 38.4. The number of rotatable bonds is 10. The molecule has 3 N–H and O–H groups in total. The number of carbonyl (C=O) groups is 3. The van der Waals surface area contributed by atoms with Gasteiger partial charge in [-0.1, -0.05) is 80.0 Å². The molecule has 1 heterocycles. The van der Waals surface area contributed by atoms with Crippen molar-refractivity contribution in [3.05, 3.63) is 41.0 Å². The lowest BCUT2D eigenvalue weighted by atomic mass is 9.33. The second-order valence-electron chi connectivity index (χ2n) is 23.1. The van der Waals surface area contributed by atoms with Crippen LogP contribution in [-0.2, 0) is 35.5 Å². The fourth-order valence-electron chi connectivity index (χ4n) is 15.6. The van der Waals surface area contributed by atoms with Crippen LogP contribution in [-0.4, -0.2) is 79.7 Å². The molecule has 11 heteroatoms. The quantitative estimate of drug-likeness (QED) is 0.198. The summed E-state index contributed by atoms with van der Waals surface area (Å²) < 4.78 is 30.3. The van der Waals surface area contributed by atoms with Crippen molar-refractivity contribution < 1.29 is 37.8 Å². The summed E-state index contributed by atoms with van der Waals surface area (Å²) >= 11 is 0. The number of anilines is 1. The third kappa shape index (κ3) is 6.89. The molecule has 0 radical (unpaired) electrons. The number of hydrogen-bond donors (Lipinski definition) is 3. The van der Waals surface area contributed by atoms with E-state index in [0.717, 1.165) is 68.2 Å². The van der Waals surface area contributed by atoms with Gasteiger partial charge in [0.05, 0.1) is 29.4 Å². The van der Waals surface area contributed by atoms with Crippen LogP contribution in [0.25, 0.3) is 0 Å². The van der Waals surface area contributed by atoms with E-state index in [1.165, 1.54) is 5.57 Å². The van der Waals surface area contributed by atoms with Gasteiger partial charge in [0, 0.05) is 49.1 Å². The van der Waals surface area contributed by atoms with Gasteiger partial charge in [-0.05, 0) is 126 Å². The molecule has 1 saturated heterocycles. The molecular weight excluding hydrogens is 789 g/mol. The normalized spacial score (nSPS) is 40.2. The van der Waals surface area contributed by atoms with Crippen LogP contribution in [0, 0.1) is 68.0 Å². The van der Waals surface area contributed by atoms with E-state index in [9.17, 15) is 33.0 Å². The van der Waals surface area contributed by atoms with E-state index in [4.69, 9.17) is 4.74 Å². The summed E-state index contributed by atoms with van der Waals surface area (Å²) in [6.45, 7) is 22.3. The van der Waals surface area contributed by atoms with Crippen molar-refractivity contribution in [3.63, 3.8) is 0 Å². The van der Waals surface area contributed by atoms with Gasteiger partial charge < -0.3 is 25.2 Å². The molecule has 8 rings (SSSR count). The molecule has 5 saturated carbocycles. The monoisotopic (exact) mass is 863 g/mol. The molecule has 0 bridgehead atoms. The maximum Gasteiger partial charge on any atom is 0.309 e. The highest BCUT2D eigenvalue weighted by molar-refractivity contribution is 7.91. The first-order valence-electron chi connectivity index (χ1n) is 23.6. The zero-order valence-corrected chi connectivity index (χ0v) is 39.3. The average molecular weight is 863 g/mol. The van der Waals surface area contributed by atoms with E-state index < -0.39 is 44.6 Å². The van der Waals surface area contributed by atoms with Crippen molar-refractivity contribution in [1.82, 2.24) is 5.32 Å². The third-order valence-electron chi connectivity index (χ3n) is 19.5. The Kier molecular flexibility index (Phi) is 11.2. The Morgan fingerprint density at radius 3 is 2.15 bits per heavy atom. The number of esters is 1. The Bertz CT molecular complexity index is 2060. The molecule has 1 aliphatic heterocycles. The van der Waals surface area contributed by atoms with Gasteiger partial charge in [-0.2, -0.15) is 0 Å². The van der Waals surface area contributed by atoms with Crippen LogP contribution < -0.4 is 10.2 Å². The van der Waals surface area contributed by atoms with E-state index in [0.29, 0.717) is 50.9 Å². The highest BCUT2D eigenvalue weighted by atomic mass is 32.2. The Labute approximate surface area is 365 Å². The van der Waals surface area contributed by atoms with Crippen molar-refractivity contribution in [3.8, 4) is 0 Å². The molecule has 61 heavy (non-hydrogen) atoms. The number of carboxylic acid groups (broad SMARTS) is 1. The predicted molar refractivity (Wildman–Crippen MR) is 237 cm³/mol. The number of carboxylic acids is 1. The van der Waals surface area contributed by atoms with Crippen LogP contribution in [0.4, 0.5) is 5.69 Å². The average Bonchev–Trinajstić information content (AvgIpc) is 3.49. The lowest BCUT2D eigenvalue weighted by Crippen LogP contribution is -2.66. The number of aliphatic carboxylic acids is 1. The van der Waals surface area contributed by atoms with Gasteiger partial charge in [0.15, 0.2) is 15.6 Å². The van der Waals surface area contributed by atoms with Gasteiger partial charge >= 0.3 is 11.9 Å². The van der Waals surface area contributed by atoms with Gasteiger partial charge in [-0.3, -0.25) is 14.4 Å². The molecule has 6 fully saturated rings. The predicted octanol–water partition coefficient (Wildman–Crippen LogP) is 8.01. The summed E-state index contributed by atoms with van der Waals surface area (Å²) in [6.07, 6.45) is 7.62. The number of ketones is 1. The molecule has 10 nitrogen and oxygen atoms in total. The van der Waals surface area contributed by atoms with Gasteiger partial charge in [0.25, 0.3) is 0 Å². The second kappa shape index (κ2) is 15.2. The zero-order chi connectivity index (χ0) is 44.3. The molecule has 1 aromatic carbocycles. The highest BCUT2D eigenvalue weighted by Crippen LogP contribution is 2.77. The van der Waals surface area contributed by atoms with E-state index in [-0.39, 0.29) is 62.9 Å². The van der Waals surface area contributed by atoms with Gasteiger partial charge in [-0.25, -0.2) is 8.42 Å². The van der Waals surface area contributed by atoms with Gasteiger partial charge in [0.1, 0.15) is 6.10 Å². The number of aliphatic hydroxyl groups is 1. The first-order chi connectivity index (χ1) is 28.4. The molecule has 0 amide bonds. The SMILES string of the molecule is CC(C)C1=C2[C@H]3CC[C@@H]4[C@@]5(C)CC[C@H](OC(=O)[C@H]6C[C@@H](C(=O)O)C6(C)C)C(C)(C)[C@@H]5CC[C@@]4(C)[C@]3(C)CC[C@@]2([C@@H](O)CNCc2ccc(N3CCS(=O)(=O)CC3)cc2)CC1=O. The molecular formula is C50H74N2O8S. The Balaban J connectivity index is 0.980. The largest absolute Gasteiger partial charge is 0.481 e. The Morgan fingerprint density at radius 1 is 0.852 bits per heavy atom. The summed E-state index contributed by atoms with van der Waals surface area (Å²) in [5, 5.41) is 25.6. The van der Waals surface area contributed by atoms with Crippen molar-refractivity contribution >= 4 is 33.2 Å². The lowest BCUT2D eigenvalue weighted by Gasteiger charge is -2.72. The number of benzene rings is 1. The Morgan fingerprint density at radius 2 is 1.52 bits per heavy atom. The van der Waals surface area contributed by atoms with Crippen LogP contribution >= 0.6 is 0 Å². The molecule has 338 valence electrons. The van der Waals surface area contributed by atoms with E-state index in [2.05, 4.69) is 82.9 Å². The van der Waals surface area contributed by atoms with E-state index in [1.807, 2.05) is 13.8 Å². The number of ether oxygens (including phenoxy) is 1. The number of hydrogen-bond acceptors (Lipinski definition) is 9. The minimum Gasteiger partial charge on any atom is -0.481 e. The summed E-state index contributed by atoms with van der Waals surface area (Å²) in [5.41, 5.74) is 3.01. The minimum absolute atomic E-state index is 0.0350. The Hall–Kier alpha value is -2.76. The molecule has 0 aromatic heterocycles. The number of sulfone groups is 1. The van der Waals surface area contributed by atoms with Crippen molar-refractivity contribution in [2.24, 2.45) is 68.0 Å². The number of fused-ring (bicyclic) bond motifs is 7. The van der Waals surface area contributed by atoms with Crippen LogP contribution in [0.3, 0.4) is 0 Å². The first-order valence-corrected chi connectivity index (χ1v) is 25.4. The van der Waals surface area contributed by atoms with Crippen molar-refractivity contribution in [2.45, 2.75) is 145 Å². The molecule has 1 aromatic rings. The van der Waals surface area contributed by atoms with Crippen molar-refractivity contribution in [1.29, 1.82) is 0 Å². The smallest absolute Gasteiger partial charge is 0.309 e. The van der Waals surface area contributed by atoms with Gasteiger partial charge in [0.2, 0.25) is 0 Å². The lowest BCUT2D eigenvalue weighted by molar-refractivity contribution is -0.238.